The molecule has 0 heterocycles. The monoisotopic (exact) mass is 306 g/mol. The molecule has 0 aliphatic rings. The van der Waals surface area contributed by atoms with Gasteiger partial charge in [0.2, 0.25) is 5.91 Å². The fraction of sp³-hybridized carbons (Fsp3) is 0.462. The number of benzene rings is 1. The van der Waals surface area contributed by atoms with Crippen LogP contribution in [0.25, 0.3) is 0 Å². The summed E-state index contributed by atoms with van der Waals surface area (Å²) in [5.41, 5.74) is 5.85. The maximum absolute atomic E-state index is 12.0. The highest BCUT2D eigenvalue weighted by Gasteiger charge is 2.27. The maximum Gasteiger partial charge on any atom is 0.244 e. The van der Waals surface area contributed by atoms with Crippen LogP contribution in [0.1, 0.15) is 32.3 Å². The van der Waals surface area contributed by atoms with Crippen LogP contribution in [0, 0.1) is 6.92 Å². The van der Waals surface area contributed by atoms with E-state index in [-0.39, 0.29) is 29.8 Å². The molecule has 1 amide bonds. The highest BCUT2D eigenvalue weighted by atomic mass is 35.5. The van der Waals surface area contributed by atoms with Crippen molar-refractivity contribution in [3.63, 3.8) is 0 Å². The van der Waals surface area contributed by atoms with E-state index in [1.54, 1.807) is 19.9 Å². The minimum Gasteiger partial charge on any atom is -0.505 e. The predicted molar refractivity (Wildman–Crippen MR) is 81.2 cm³/mol. The summed E-state index contributed by atoms with van der Waals surface area (Å²) in [6.45, 7) is 5.34. The number of phenols is 1. The molecule has 1 aromatic rings. The number of nitrogens with one attached hydrogen (secondary N) is 1. The number of hydrogen-bond donors (Lipinski definition) is 3. The van der Waals surface area contributed by atoms with Crippen LogP contribution >= 0.6 is 24.0 Å². The molecule has 1 rings (SSSR count). The molecule has 0 saturated heterocycles. The summed E-state index contributed by atoms with van der Waals surface area (Å²) in [7, 11) is 0. The molecule has 1 atom stereocenters. The summed E-state index contributed by atoms with van der Waals surface area (Å²) in [4.78, 5) is 12.0. The number of carbonyl (C=O) groups is 1. The van der Waals surface area contributed by atoms with Gasteiger partial charge >= 0.3 is 0 Å². The standard InChI is InChI=1S/C13H19ClN2O2.ClH/c1-4-5-13(3,15)12(18)16-10-7-9(14)6-8(2)11(10)17;/h6-7,17H,4-5,15H2,1-3H3,(H,16,18);1H. The first-order valence-corrected chi connectivity index (χ1v) is 6.25. The number of anilines is 1. The summed E-state index contributed by atoms with van der Waals surface area (Å²) in [5, 5.41) is 12.9. The fourth-order valence-electron chi connectivity index (χ4n) is 1.73. The van der Waals surface area contributed by atoms with Crippen molar-refractivity contribution in [2.24, 2.45) is 5.73 Å². The molecule has 0 saturated carbocycles. The number of carbonyl (C=O) groups excluding carboxylic acids is 1. The largest absolute Gasteiger partial charge is 0.505 e. The number of phenolic OH excluding ortho intramolecular Hbond substituents is 1. The van der Waals surface area contributed by atoms with Crippen molar-refractivity contribution in [3.8, 4) is 5.75 Å². The Morgan fingerprint density at radius 1 is 1.53 bits per heavy atom. The highest BCUT2D eigenvalue weighted by molar-refractivity contribution is 6.31. The molecule has 0 spiro atoms. The van der Waals surface area contributed by atoms with Gasteiger partial charge in [0.05, 0.1) is 11.2 Å². The van der Waals surface area contributed by atoms with Crippen LogP contribution in [0.4, 0.5) is 5.69 Å². The van der Waals surface area contributed by atoms with Crippen LogP contribution in [-0.4, -0.2) is 16.6 Å². The molecule has 1 aromatic carbocycles. The van der Waals surface area contributed by atoms with Gasteiger partial charge in [-0.3, -0.25) is 4.79 Å². The number of aromatic hydroxyl groups is 1. The van der Waals surface area contributed by atoms with E-state index in [1.165, 1.54) is 6.07 Å². The zero-order valence-corrected chi connectivity index (χ0v) is 12.9. The Morgan fingerprint density at radius 2 is 2.11 bits per heavy atom. The van der Waals surface area contributed by atoms with E-state index in [0.29, 0.717) is 17.0 Å². The van der Waals surface area contributed by atoms with Crippen LogP contribution < -0.4 is 11.1 Å². The zero-order chi connectivity index (χ0) is 13.9. The Hall–Kier alpha value is -0.970. The molecule has 6 heteroatoms. The van der Waals surface area contributed by atoms with E-state index in [2.05, 4.69) is 5.32 Å². The quantitative estimate of drug-likeness (QED) is 0.748. The van der Waals surface area contributed by atoms with Crippen molar-refractivity contribution < 1.29 is 9.90 Å². The van der Waals surface area contributed by atoms with Gasteiger partial charge in [-0.1, -0.05) is 24.9 Å². The second-order valence-corrected chi connectivity index (χ2v) is 5.18. The third kappa shape index (κ3) is 4.56. The summed E-state index contributed by atoms with van der Waals surface area (Å²) >= 11 is 5.89. The minimum absolute atomic E-state index is 0. The molecule has 0 aliphatic carbocycles. The Morgan fingerprint density at radius 3 is 2.63 bits per heavy atom. The van der Waals surface area contributed by atoms with Crippen molar-refractivity contribution in [1.82, 2.24) is 0 Å². The number of rotatable bonds is 4. The average Bonchev–Trinajstić information content (AvgIpc) is 2.25. The van der Waals surface area contributed by atoms with Crippen molar-refractivity contribution in [2.45, 2.75) is 39.2 Å². The highest BCUT2D eigenvalue weighted by Crippen LogP contribution is 2.31. The van der Waals surface area contributed by atoms with Crippen LogP contribution in [0.5, 0.6) is 5.75 Å². The van der Waals surface area contributed by atoms with Gasteiger partial charge in [0.15, 0.2) is 0 Å². The Balaban J connectivity index is 0.00000324. The lowest BCUT2D eigenvalue weighted by Gasteiger charge is -2.23. The van der Waals surface area contributed by atoms with E-state index >= 15 is 0 Å². The van der Waals surface area contributed by atoms with Gasteiger partial charge < -0.3 is 16.2 Å². The lowest BCUT2D eigenvalue weighted by atomic mass is 9.96. The first-order chi connectivity index (χ1) is 8.27. The van der Waals surface area contributed by atoms with Crippen LogP contribution in [0.15, 0.2) is 12.1 Å². The lowest BCUT2D eigenvalue weighted by molar-refractivity contribution is -0.120. The summed E-state index contributed by atoms with van der Waals surface area (Å²) in [6, 6.07) is 3.13. The Labute approximate surface area is 124 Å². The van der Waals surface area contributed by atoms with Gasteiger partial charge in [-0.25, -0.2) is 0 Å². The normalized spacial score (nSPS) is 13.3. The van der Waals surface area contributed by atoms with E-state index < -0.39 is 5.54 Å². The number of nitrogens with two attached hydrogens (primary N) is 1. The van der Waals surface area contributed by atoms with E-state index in [4.69, 9.17) is 17.3 Å². The van der Waals surface area contributed by atoms with E-state index in [9.17, 15) is 9.90 Å². The molecular formula is C13H20Cl2N2O2. The zero-order valence-electron chi connectivity index (χ0n) is 11.3. The van der Waals surface area contributed by atoms with Crippen LogP contribution in [0.3, 0.4) is 0 Å². The number of amides is 1. The minimum atomic E-state index is -0.961. The smallest absolute Gasteiger partial charge is 0.244 e. The van der Waals surface area contributed by atoms with Gasteiger partial charge in [-0.05, 0) is 38.0 Å². The van der Waals surface area contributed by atoms with Crippen molar-refractivity contribution >= 4 is 35.6 Å². The number of hydrogen-bond acceptors (Lipinski definition) is 3. The molecule has 0 aromatic heterocycles. The van der Waals surface area contributed by atoms with Gasteiger partial charge in [0, 0.05) is 5.02 Å². The van der Waals surface area contributed by atoms with Crippen molar-refractivity contribution in [3.05, 3.63) is 22.7 Å². The average molecular weight is 307 g/mol. The van der Waals surface area contributed by atoms with Crippen molar-refractivity contribution in [2.75, 3.05) is 5.32 Å². The van der Waals surface area contributed by atoms with Gasteiger partial charge in [0.25, 0.3) is 0 Å². The van der Waals surface area contributed by atoms with Crippen molar-refractivity contribution in [1.29, 1.82) is 0 Å². The third-order valence-electron chi connectivity index (χ3n) is 2.80. The topological polar surface area (TPSA) is 75.4 Å². The molecule has 4 nitrogen and oxygen atoms in total. The number of halogens is 2. The first kappa shape index (κ1) is 18.0. The molecule has 0 radical (unpaired) electrons. The summed E-state index contributed by atoms with van der Waals surface area (Å²) in [6.07, 6.45) is 1.38. The second-order valence-electron chi connectivity index (χ2n) is 4.74. The summed E-state index contributed by atoms with van der Waals surface area (Å²) in [5.74, 6) is -0.318. The third-order valence-corrected chi connectivity index (χ3v) is 3.02. The van der Waals surface area contributed by atoms with Crippen LogP contribution in [-0.2, 0) is 4.79 Å². The van der Waals surface area contributed by atoms with Gasteiger partial charge in [-0.15, -0.1) is 12.4 Å². The van der Waals surface area contributed by atoms with Crippen LogP contribution in [0.2, 0.25) is 5.02 Å². The number of aryl methyl sites for hydroxylation is 1. The van der Waals surface area contributed by atoms with E-state index in [1.807, 2.05) is 6.92 Å². The van der Waals surface area contributed by atoms with E-state index in [0.717, 1.165) is 6.42 Å². The molecule has 1 unspecified atom stereocenters. The second kappa shape index (κ2) is 6.98. The molecule has 0 aliphatic heterocycles. The Kier molecular flexibility index (Phi) is 6.63. The molecule has 0 bridgehead atoms. The molecule has 4 N–H and O–H groups in total. The maximum atomic E-state index is 12.0. The molecule has 0 fully saturated rings. The molecule has 108 valence electrons. The molecule has 19 heavy (non-hydrogen) atoms. The first-order valence-electron chi connectivity index (χ1n) is 5.87. The van der Waals surface area contributed by atoms with Gasteiger partial charge in [0.1, 0.15) is 5.75 Å². The fourth-order valence-corrected chi connectivity index (χ4v) is 2.00. The Bertz CT molecular complexity index is 462. The van der Waals surface area contributed by atoms with Gasteiger partial charge in [-0.2, -0.15) is 0 Å². The summed E-state index contributed by atoms with van der Waals surface area (Å²) < 4.78 is 0. The SMILES string of the molecule is CCCC(C)(N)C(=O)Nc1cc(Cl)cc(C)c1O.Cl. The predicted octanol–water partition coefficient (Wildman–Crippen LogP) is 3.23. The lowest BCUT2D eigenvalue weighted by Crippen LogP contribution is -2.48. The molecular weight excluding hydrogens is 287 g/mol.